The molecule has 41 heavy (non-hydrogen) atoms. The third kappa shape index (κ3) is 4.81. The molecule has 218 valence electrons. The fourth-order valence-electron chi connectivity index (χ4n) is 7.21. The normalized spacial score (nSPS) is 27.0. The molecule has 3 fully saturated rings. The number of ether oxygens (including phenoxy) is 1. The average molecular weight is 562 g/mol. The zero-order chi connectivity index (χ0) is 29.3. The summed E-state index contributed by atoms with van der Waals surface area (Å²) in [5.41, 5.74) is 1.30. The van der Waals surface area contributed by atoms with Gasteiger partial charge in [0.2, 0.25) is 5.91 Å². The Morgan fingerprint density at radius 3 is 2.37 bits per heavy atom. The Balaban J connectivity index is 1.57. The first-order valence-electron chi connectivity index (χ1n) is 14.5. The number of carboxylic acid groups (broad SMARTS) is 1. The molecule has 1 spiro atoms. The van der Waals surface area contributed by atoms with Crippen LogP contribution in [0.4, 0.5) is 11.4 Å². The lowest BCUT2D eigenvalue weighted by Crippen LogP contribution is -2.59. The van der Waals surface area contributed by atoms with Gasteiger partial charge < -0.3 is 29.6 Å². The van der Waals surface area contributed by atoms with E-state index in [0.717, 1.165) is 24.3 Å². The lowest BCUT2D eigenvalue weighted by atomic mass is 9.70. The van der Waals surface area contributed by atoms with Crippen LogP contribution in [-0.4, -0.2) is 82.9 Å². The number of anilines is 2. The van der Waals surface area contributed by atoms with Crippen molar-refractivity contribution in [2.75, 3.05) is 36.0 Å². The van der Waals surface area contributed by atoms with Crippen LogP contribution < -0.4 is 9.80 Å². The minimum atomic E-state index is -1.27. The number of nitrogens with zero attached hydrogens (tertiary/aromatic N) is 3. The highest BCUT2D eigenvalue weighted by Gasteiger charge is 2.75. The predicted octanol–water partition coefficient (Wildman–Crippen LogP) is 3.11. The molecule has 2 N–H and O–H groups in total. The smallest absolute Gasteiger partial charge is 0.310 e. The van der Waals surface area contributed by atoms with Crippen molar-refractivity contribution in [3.8, 4) is 0 Å². The second-order valence-corrected chi connectivity index (χ2v) is 11.1. The summed E-state index contributed by atoms with van der Waals surface area (Å²) in [6.45, 7) is 9.54. The van der Waals surface area contributed by atoms with Crippen molar-refractivity contribution in [2.45, 2.75) is 56.9 Å². The Labute approximate surface area is 241 Å². The van der Waals surface area contributed by atoms with Gasteiger partial charge in [-0.25, -0.2) is 0 Å². The average Bonchev–Trinajstić information content (AvgIpc) is 3.63. The van der Waals surface area contributed by atoms with Gasteiger partial charge in [0.05, 0.1) is 30.6 Å². The quantitative estimate of drug-likeness (QED) is 0.383. The fraction of sp³-hybridized carbons (Fsp3) is 0.469. The summed E-state index contributed by atoms with van der Waals surface area (Å²) in [5, 5.41) is 20.7. The molecule has 3 aliphatic heterocycles. The monoisotopic (exact) mass is 561 g/mol. The third-order valence-electron chi connectivity index (χ3n) is 9.04. The van der Waals surface area contributed by atoms with Gasteiger partial charge in [0.1, 0.15) is 11.6 Å². The minimum absolute atomic E-state index is 0.191. The van der Waals surface area contributed by atoms with Crippen LogP contribution in [0.3, 0.4) is 0 Å². The van der Waals surface area contributed by atoms with Gasteiger partial charge in [-0.15, -0.1) is 6.58 Å². The molecule has 3 aliphatic rings. The molecule has 2 aromatic rings. The highest BCUT2D eigenvalue weighted by atomic mass is 16.5. The lowest BCUT2D eigenvalue weighted by molar-refractivity contribution is -0.151. The molecule has 9 heteroatoms. The SMILES string of the molecule is C=CCN(C(=O)C1N([C@@H](CO)Cc2ccccc2)C(=O)[C@@H]2[C@@H](C(=O)O)[C@H]3CCC12O3)c1ccc(N(CC)CC)cc1. The minimum Gasteiger partial charge on any atom is -0.481 e. The van der Waals surface area contributed by atoms with Gasteiger partial charge in [-0.05, 0) is 62.9 Å². The lowest BCUT2D eigenvalue weighted by Gasteiger charge is -2.39. The Morgan fingerprint density at radius 2 is 1.78 bits per heavy atom. The van der Waals surface area contributed by atoms with Gasteiger partial charge >= 0.3 is 5.97 Å². The highest BCUT2D eigenvalue weighted by Crippen LogP contribution is 2.59. The second kappa shape index (κ2) is 11.7. The zero-order valence-electron chi connectivity index (χ0n) is 23.7. The first-order chi connectivity index (χ1) is 19.8. The summed E-state index contributed by atoms with van der Waals surface area (Å²) in [5.74, 6) is -3.93. The number of benzene rings is 2. The molecule has 5 rings (SSSR count). The van der Waals surface area contributed by atoms with E-state index in [9.17, 15) is 24.6 Å². The maximum absolute atomic E-state index is 14.7. The number of aliphatic carboxylic acids is 1. The molecule has 0 saturated carbocycles. The summed E-state index contributed by atoms with van der Waals surface area (Å²) >= 11 is 0. The molecular formula is C32H39N3O6. The van der Waals surface area contributed by atoms with E-state index < -0.39 is 47.5 Å². The molecule has 6 atom stereocenters. The Hall–Kier alpha value is -3.69. The molecule has 3 heterocycles. The van der Waals surface area contributed by atoms with Crippen LogP contribution in [0.5, 0.6) is 0 Å². The standard InChI is InChI=1S/C32H39N3O6/c1-4-18-34(23-14-12-22(13-15-23)33(5-2)6-3)30(38)28-32-17-16-25(41-32)26(31(39)40)27(32)29(37)35(28)24(20-36)19-21-10-8-7-9-11-21/h4,7-15,24-28,36H,1,5-6,16-20H2,2-3H3,(H,39,40)/t24-,25-,26+,27+,28?,32?/m1/s1. The van der Waals surface area contributed by atoms with Crippen LogP contribution in [0.1, 0.15) is 32.3 Å². The summed E-state index contributed by atoms with van der Waals surface area (Å²) in [6.07, 6.45) is 2.18. The Bertz CT molecular complexity index is 1280. The largest absolute Gasteiger partial charge is 0.481 e. The first-order valence-corrected chi connectivity index (χ1v) is 14.5. The van der Waals surface area contributed by atoms with Gasteiger partial charge in [0.25, 0.3) is 5.91 Å². The van der Waals surface area contributed by atoms with Gasteiger partial charge in [-0.1, -0.05) is 36.4 Å². The molecule has 2 aromatic carbocycles. The maximum Gasteiger partial charge on any atom is 0.310 e. The summed E-state index contributed by atoms with van der Waals surface area (Å²) in [6, 6.07) is 15.3. The number of rotatable bonds is 12. The summed E-state index contributed by atoms with van der Waals surface area (Å²) < 4.78 is 6.38. The number of likely N-dealkylation sites (tertiary alicyclic amines) is 1. The summed E-state index contributed by atoms with van der Waals surface area (Å²) in [7, 11) is 0. The van der Waals surface area contributed by atoms with Crippen LogP contribution in [-0.2, 0) is 25.5 Å². The van der Waals surface area contributed by atoms with E-state index in [1.54, 1.807) is 11.0 Å². The van der Waals surface area contributed by atoms with Crippen LogP contribution in [0, 0.1) is 11.8 Å². The number of carbonyl (C=O) groups is 3. The molecule has 2 unspecified atom stereocenters. The van der Waals surface area contributed by atoms with E-state index in [0.29, 0.717) is 24.9 Å². The van der Waals surface area contributed by atoms with Crippen LogP contribution in [0.15, 0.2) is 67.3 Å². The summed E-state index contributed by atoms with van der Waals surface area (Å²) in [4.78, 5) is 46.4. The number of carboxylic acids is 1. The molecule has 0 aliphatic carbocycles. The van der Waals surface area contributed by atoms with Crippen molar-refractivity contribution in [3.05, 3.63) is 72.8 Å². The van der Waals surface area contributed by atoms with Gasteiger partial charge in [0.15, 0.2) is 0 Å². The van der Waals surface area contributed by atoms with Crippen molar-refractivity contribution in [1.29, 1.82) is 0 Å². The van der Waals surface area contributed by atoms with E-state index in [1.165, 1.54) is 4.90 Å². The van der Waals surface area contributed by atoms with Crippen LogP contribution >= 0.6 is 0 Å². The molecule has 9 nitrogen and oxygen atoms in total. The Kier molecular flexibility index (Phi) is 8.20. The number of hydrogen-bond acceptors (Lipinski definition) is 6. The van der Waals surface area contributed by atoms with Crippen molar-refractivity contribution < 1.29 is 29.3 Å². The van der Waals surface area contributed by atoms with E-state index in [1.807, 2.05) is 54.6 Å². The molecule has 2 bridgehead atoms. The Morgan fingerprint density at radius 1 is 1.12 bits per heavy atom. The predicted molar refractivity (Wildman–Crippen MR) is 156 cm³/mol. The number of aliphatic hydroxyl groups is 1. The van der Waals surface area contributed by atoms with Crippen molar-refractivity contribution >= 4 is 29.2 Å². The van der Waals surface area contributed by atoms with Gasteiger partial charge in [-0.2, -0.15) is 0 Å². The molecule has 3 saturated heterocycles. The second-order valence-electron chi connectivity index (χ2n) is 11.1. The fourth-order valence-corrected chi connectivity index (χ4v) is 7.21. The van der Waals surface area contributed by atoms with Crippen LogP contribution in [0.25, 0.3) is 0 Å². The number of carbonyl (C=O) groups excluding carboxylic acids is 2. The highest BCUT2D eigenvalue weighted by molar-refractivity contribution is 6.04. The third-order valence-corrected chi connectivity index (χ3v) is 9.04. The van der Waals surface area contributed by atoms with E-state index in [4.69, 9.17) is 4.74 Å². The van der Waals surface area contributed by atoms with E-state index >= 15 is 0 Å². The zero-order valence-corrected chi connectivity index (χ0v) is 23.7. The topological polar surface area (TPSA) is 111 Å². The van der Waals surface area contributed by atoms with Gasteiger partial charge in [-0.3, -0.25) is 14.4 Å². The number of fused-ring (bicyclic) bond motifs is 1. The van der Waals surface area contributed by atoms with E-state index in [2.05, 4.69) is 25.3 Å². The van der Waals surface area contributed by atoms with Crippen molar-refractivity contribution in [2.24, 2.45) is 11.8 Å². The van der Waals surface area contributed by atoms with Crippen molar-refractivity contribution in [1.82, 2.24) is 4.90 Å². The maximum atomic E-state index is 14.7. The molecule has 2 amide bonds. The molecule has 0 radical (unpaired) electrons. The molecule has 0 aromatic heterocycles. The van der Waals surface area contributed by atoms with Gasteiger partial charge in [0, 0.05) is 31.0 Å². The number of hydrogen-bond donors (Lipinski definition) is 2. The van der Waals surface area contributed by atoms with Crippen LogP contribution in [0.2, 0.25) is 0 Å². The van der Waals surface area contributed by atoms with Crippen molar-refractivity contribution in [3.63, 3.8) is 0 Å². The first kappa shape index (κ1) is 28.8. The molecular weight excluding hydrogens is 522 g/mol. The number of amides is 2. The van der Waals surface area contributed by atoms with E-state index in [-0.39, 0.29) is 19.1 Å². The number of aliphatic hydroxyl groups excluding tert-OH is 1.